The second-order valence-electron chi connectivity index (χ2n) is 12.5. The Morgan fingerprint density at radius 2 is 1.79 bits per heavy atom. The SMILES string of the molecule is CC(C)CCC[C@H](C)[C@@H]1CC[C@@H]2[C@@H]3CC[C@H]4CC[C@H]5C[C@@]4(C=NO5)[C@@H]3CC[C@@]21C. The lowest BCUT2D eigenvalue weighted by Crippen LogP contribution is -2.57. The predicted octanol–water partition coefficient (Wildman–Crippen LogP) is 7.47. The second-order valence-corrected chi connectivity index (χ2v) is 12.5. The number of nitrogens with zero attached hydrogens (tertiary/aromatic N) is 1. The summed E-state index contributed by atoms with van der Waals surface area (Å²) >= 11 is 0. The summed E-state index contributed by atoms with van der Waals surface area (Å²) in [6.07, 6.45) is 19.9. The second kappa shape index (κ2) is 7.56. The average Bonchev–Trinajstić information content (AvgIpc) is 3.04. The molecule has 2 bridgehead atoms. The zero-order valence-corrected chi connectivity index (χ0v) is 19.5. The molecule has 4 aliphatic carbocycles. The van der Waals surface area contributed by atoms with E-state index in [1.165, 1.54) is 77.0 Å². The molecule has 2 heteroatoms. The molecule has 0 N–H and O–H groups in total. The van der Waals surface area contributed by atoms with Crippen LogP contribution in [0.2, 0.25) is 0 Å². The average molecular weight is 400 g/mol. The highest BCUT2D eigenvalue weighted by molar-refractivity contribution is 5.68. The minimum absolute atomic E-state index is 0.395. The fourth-order valence-corrected chi connectivity index (χ4v) is 9.52. The first-order valence-corrected chi connectivity index (χ1v) is 13.1. The molecule has 0 radical (unpaired) electrons. The van der Waals surface area contributed by atoms with E-state index in [9.17, 15) is 0 Å². The van der Waals surface area contributed by atoms with Gasteiger partial charge in [-0.15, -0.1) is 0 Å². The quantitative estimate of drug-likeness (QED) is 0.470. The van der Waals surface area contributed by atoms with Gasteiger partial charge < -0.3 is 4.84 Å². The molecule has 4 saturated carbocycles. The molecule has 0 amide bonds. The van der Waals surface area contributed by atoms with Crippen molar-refractivity contribution in [2.45, 2.75) is 111 Å². The van der Waals surface area contributed by atoms with E-state index in [0.29, 0.717) is 16.9 Å². The van der Waals surface area contributed by atoms with Crippen molar-refractivity contribution < 1.29 is 4.84 Å². The molecular formula is C27H45NO. The van der Waals surface area contributed by atoms with Crippen molar-refractivity contribution in [2.24, 2.45) is 57.4 Å². The van der Waals surface area contributed by atoms with Crippen molar-refractivity contribution in [1.82, 2.24) is 0 Å². The highest BCUT2D eigenvalue weighted by Gasteiger charge is 2.62. The Morgan fingerprint density at radius 1 is 0.966 bits per heavy atom. The summed E-state index contributed by atoms with van der Waals surface area (Å²) in [6, 6.07) is 0. The van der Waals surface area contributed by atoms with Gasteiger partial charge in [0.25, 0.3) is 0 Å². The maximum Gasteiger partial charge on any atom is 0.128 e. The highest BCUT2D eigenvalue weighted by atomic mass is 16.6. The van der Waals surface area contributed by atoms with Crippen LogP contribution in [0.5, 0.6) is 0 Å². The number of fused-ring (bicyclic) bond motifs is 4. The fraction of sp³-hybridized carbons (Fsp3) is 0.963. The van der Waals surface area contributed by atoms with Crippen molar-refractivity contribution in [1.29, 1.82) is 0 Å². The first-order valence-electron chi connectivity index (χ1n) is 13.1. The van der Waals surface area contributed by atoms with Crippen molar-refractivity contribution in [3.63, 3.8) is 0 Å². The minimum atomic E-state index is 0.395. The molecule has 4 fully saturated rings. The number of hydrogen-bond donors (Lipinski definition) is 0. The molecule has 0 aromatic carbocycles. The molecule has 0 unspecified atom stereocenters. The summed E-state index contributed by atoms with van der Waals surface area (Å²) < 4.78 is 0. The van der Waals surface area contributed by atoms with Gasteiger partial charge in [-0.25, -0.2) is 0 Å². The van der Waals surface area contributed by atoms with Gasteiger partial charge in [-0.1, -0.05) is 52.1 Å². The van der Waals surface area contributed by atoms with Crippen LogP contribution in [0.1, 0.15) is 105 Å². The van der Waals surface area contributed by atoms with E-state index in [1.807, 2.05) is 0 Å². The molecule has 2 nitrogen and oxygen atoms in total. The number of hydrogen-bond acceptors (Lipinski definition) is 2. The van der Waals surface area contributed by atoms with Gasteiger partial charge in [-0.05, 0) is 105 Å². The summed E-state index contributed by atoms with van der Waals surface area (Å²) in [5, 5.41) is 4.50. The van der Waals surface area contributed by atoms with Crippen LogP contribution >= 0.6 is 0 Å². The van der Waals surface area contributed by atoms with Gasteiger partial charge in [-0.2, -0.15) is 0 Å². The van der Waals surface area contributed by atoms with Crippen LogP contribution in [0.25, 0.3) is 0 Å². The normalized spacial score (nSPS) is 49.1. The Balaban J connectivity index is 1.33. The molecule has 164 valence electrons. The third kappa shape index (κ3) is 3.21. The van der Waals surface area contributed by atoms with Crippen LogP contribution in [0, 0.1) is 52.3 Å². The third-order valence-corrected chi connectivity index (χ3v) is 10.9. The van der Waals surface area contributed by atoms with E-state index in [0.717, 1.165) is 41.4 Å². The summed E-state index contributed by atoms with van der Waals surface area (Å²) in [5.74, 6) is 6.47. The van der Waals surface area contributed by atoms with Gasteiger partial charge >= 0.3 is 0 Å². The standard InChI is InChI=1S/C27H45NO/c1-18(2)6-5-7-19(3)23-12-13-24-22-11-9-20-8-10-21-16-27(20,17-28-29-21)25(22)14-15-26(23,24)4/h17-25H,5-16H2,1-4H3/t19-,20+,21-,22-,23-,24+,25+,26+,27-/m0/s1. The van der Waals surface area contributed by atoms with Gasteiger partial charge in [0, 0.05) is 5.41 Å². The van der Waals surface area contributed by atoms with E-state index in [2.05, 4.69) is 39.1 Å². The first-order chi connectivity index (χ1) is 13.9. The molecule has 0 saturated heterocycles. The molecule has 29 heavy (non-hydrogen) atoms. The Kier molecular flexibility index (Phi) is 5.31. The first kappa shape index (κ1) is 20.4. The Hall–Kier alpha value is -0.530. The van der Waals surface area contributed by atoms with Crippen molar-refractivity contribution in [2.75, 3.05) is 0 Å². The lowest BCUT2D eigenvalue weighted by molar-refractivity contribution is -0.129. The maximum absolute atomic E-state index is 5.75. The zero-order chi connectivity index (χ0) is 20.2. The molecule has 0 aromatic rings. The van der Waals surface area contributed by atoms with E-state index in [-0.39, 0.29) is 0 Å². The van der Waals surface area contributed by atoms with E-state index in [4.69, 9.17) is 4.84 Å². The lowest BCUT2D eigenvalue weighted by atomic mass is 9.44. The van der Waals surface area contributed by atoms with Gasteiger partial charge in [0.2, 0.25) is 0 Å². The number of oxime groups is 1. The monoisotopic (exact) mass is 399 g/mol. The Morgan fingerprint density at radius 3 is 2.62 bits per heavy atom. The van der Waals surface area contributed by atoms with Crippen LogP contribution in [0.15, 0.2) is 5.16 Å². The largest absolute Gasteiger partial charge is 0.393 e. The summed E-state index contributed by atoms with van der Waals surface area (Å²) in [5.41, 5.74) is 1.00. The van der Waals surface area contributed by atoms with Crippen LogP contribution in [0.3, 0.4) is 0 Å². The van der Waals surface area contributed by atoms with Gasteiger partial charge in [0.1, 0.15) is 6.10 Å². The minimum Gasteiger partial charge on any atom is -0.393 e. The van der Waals surface area contributed by atoms with E-state index < -0.39 is 0 Å². The Bertz CT molecular complexity index is 628. The number of rotatable bonds is 5. The van der Waals surface area contributed by atoms with Crippen LogP contribution < -0.4 is 0 Å². The van der Waals surface area contributed by atoms with Gasteiger partial charge in [0.15, 0.2) is 0 Å². The van der Waals surface area contributed by atoms with E-state index in [1.54, 1.807) is 0 Å². The molecule has 1 aliphatic heterocycles. The van der Waals surface area contributed by atoms with E-state index >= 15 is 0 Å². The van der Waals surface area contributed by atoms with Crippen LogP contribution in [0.4, 0.5) is 0 Å². The maximum atomic E-state index is 5.75. The van der Waals surface area contributed by atoms with Crippen molar-refractivity contribution in [3.8, 4) is 0 Å². The zero-order valence-electron chi connectivity index (χ0n) is 19.5. The highest BCUT2D eigenvalue weighted by Crippen LogP contribution is 2.68. The molecule has 1 heterocycles. The topological polar surface area (TPSA) is 21.6 Å². The van der Waals surface area contributed by atoms with Crippen molar-refractivity contribution in [3.05, 3.63) is 0 Å². The molecule has 1 spiro atoms. The third-order valence-electron chi connectivity index (χ3n) is 10.9. The summed E-state index contributed by atoms with van der Waals surface area (Å²) in [4.78, 5) is 5.75. The summed E-state index contributed by atoms with van der Waals surface area (Å²) in [7, 11) is 0. The lowest BCUT2D eigenvalue weighted by Gasteiger charge is -2.61. The fourth-order valence-electron chi connectivity index (χ4n) is 9.52. The van der Waals surface area contributed by atoms with Gasteiger partial charge in [0.05, 0.1) is 6.21 Å². The molecule has 5 rings (SSSR count). The van der Waals surface area contributed by atoms with Crippen molar-refractivity contribution >= 4 is 6.21 Å². The van der Waals surface area contributed by atoms with Crippen LogP contribution in [-0.4, -0.2) is 12.3 Å². The van der Waals surface area contributed by atoms with Crippen LogP contribution in [-0.2, 0) is 4.84 Å². The molecule has 5 aliphatic rings. The van der Waals surface area contributed by atoms with Gasteiger partial charge in [-0.3, -0.25) is 0 Å². The summed E-state index contributed by atoms with van der Waals surface area (Å²) in [6.45, 7) is 10.1. The molecular weight excluding hydrogens is 354 g/mol. The Labute approximate surface area is 179 Å². The smallest absolute Gasteiger partial charge is 0.128 e. The molecule has 9 atom stereocenters. The predicted molar refractivity (Wildman–Crippen MR) is 121 cm³/mol. The molecule has 0 aromatic heterocycles.